The summed E-state index contributed by atoms with van der Waals surface area (Å²) in [5.41, 5.74) is -1.16. The Morgan fingerprint density at radius 3 is 2.19 bits per heavy atom. The van der Waals surface area contributed by atoms with Gasteiger partial charge in [-0.3, -0.25) is 4.79 Å². The Labute approximate surface area is 286 Å². The van der Waals surface area contributed by atoms with Crippen LogP contribution in [0.4, 0.5) is 26.3 Å². The Balaban J connectivity index is 1.49. The van der Waals surface area contributed by atoms with Crippen LogP contribution in [0.3, 0.4) is 0 Å². The zero-order valence-corrected chi connectivity index (χ0v) is 29.3. The highest BCUT2D eigenvalue weighted by molar-refractivity contribution is 7.99. The molecule has 2 aliphatic rings. The van der Waals surface area contributed by atoms with Gasteiger partial charge in [0.05, 0.1) is 23.5 Å². The van der Waals surface area contributed by atoms with E-state index in [0.717, 1.165) is 56.1 Å². The minimum atomic E-state index is -4.99. The van der Waals surface area contributed by atoms with E-state index in [4.69, 9.17) is 4.74 Å². The van der Waals surface area contributed by atoms with E-state index < -0.39 is 40.1 Å². The molecule has 2 aliphatic carbocycles. The molecule has 2 atom stereocenters. The molecule has 0 N–H and O–H groups in total. The smallest absolute Gasteiger partial charge is 0.419 e. The van der Waals surface area contributed by atoms with Gasteiger partial charge in [-0.05, 0) is 73.8 Å². The minimum Gasteiger partial charge on any atom is -0.465 e. The van der Waals surface area contributed by atoms with E-state index in [0.29, 0.717) is 36.1 Å². The highest BCUT2D eigenvalue weighted by Gasteiger charge is 2.36. The van der Waals surface area contributed by atoms with Crippen LogP contribution >= 0.6 is 11.8 Å². The molecule has 0 saturated heterocycles. The number of benzene rings is 2. The van der Waals surface area contributed by atoms with Crippen molar-refractivity contribution in [1.29, 1.82) is 0 Å². The Hall–Kier alpha value is -2.42. The third kappa shape index (κ3) is 9.85. The highest BCUT2D eigenvalue weighted by Crippen LogP contribution is 2.45. The lowest BCUT2D eigenvalue weighted by molar-refractivity contribution is -0.144. The van der Waals surface area contributed by atoms with Gasteiger partial charge in [-0.15, -0.1) is 11.8 Å². The molecule has 0 aromatic heterocycles. The van der Waals surface area contributed by atoms with Crippen LogP contribution in [-0.4, -0.2) is 18.3 Å². The van der Waals surface area contributed by atoms with E-state index in [9.17, 15) is 18.0 Å². The quantitative estimate of drug-likeness (QED) is 0.105. The molecule has 2 aromatic carbocycles. The molecule has 0 spiro atoms. The van der Waals surface area contributed by atoms with E-state index in [1.165, 1.54) is 50.7 Å². The Bertz CT molecular complexity index is 1400. The molecule has 0 amide bonds. The molecule has 1 fully saturated rings. The van der Waals surface area contributed by atoms with Crippen LogP contribution in [0.1, 0.15) is 122 Å². The third-order valence-electron chi connectivity index (χ3n) is 10.4. The number of esters is 1. The summed E-state index contributed by atoms with van der Waals surface area (Å²) in [6, 6.07) is 4.29. The minimum absolute atomic E-state index is 0.0910. The van der Waals surface area contributed by atoms with Crippen molar-refractivity contribution >= 4 is 23.3 Å². The lowest BCUT2D eigenvalue weighted by Gasteiger charge is -2.35. The zero-order chi connectivity index (χ0) is 34.8. The predicted octanol–water partition coefficient (Wildman–Crippen LogP) is 12.8. The van der Waals surface area contributed by atoms with E-state index in [2.05, 4.69) is 13.8 Å². The molecule has 0 heterocycles. The van der Waals surface area contributed by atoms with Crippen LogP contribution in [0.15, 0.2) is 35.2 Å². The van der Waals surface area contributed by atoms with Gasteiger partial charge in [0.25, 0.3) is 0 Å². The molecule has 2 aromatic rings. The molecule has 0 radical (unpaired) electrons. The van der Waals surface area contributed by atoms with Gasteiger partial charge in [-0.2, -0.15) is 13.2 Å². The van der Waals surface area contributed by atoms with Gasteiger partial charge in [-0.1, -0.05) is 90.0 Å². The number of carbonyl (C=O) groups excluding carboxylic acids is 1. The summed E-state index contributed by atoms with van der Waals surface area (Å²) in [5, 5.41) is 0. The van der Waals surface area contributed by atoms with Crippen molar-refractivity contribution in [3.63, 3.8) is 0 Å². The lowest BCUT2D eigenvalue weighted by atomic mass is 9.70. The molecule has 4 rings (SSSR count). The third-order valence-corrected chi connectivity index (χ3v) is 11.5. The van der Waals surface area contributed by atoms with E-state index >= 15 is 13.2 Å². The summed E-state index contributed by atoms with van der Waals surface area (Å²) in [4.78, 5) is 11.9. The van der Waals surface area contributed by atoms with Crippen molar-refractivity contribution in [3.05, 3.63) is 58.9 Å². The summed E-state index contributed by atoms with van der Waals surface area (Å²) < 4.78 is 93.1. The SMILES string of the molecule is CCCCC(CC)COC(=O)CCSc1c(-c2ccc(C3=CCC(C4CCC(CCC)CC4)CC3)c(F)c2F)ccc(C(F)(F)F)c1F. The average Bonchev–Trinajstić information content (AvgIpc) is 3.07. The summed E-state index contributed by atoms with van der Waals surface area (Å²) >= 11 is 0.668. The summed E-state index contributed by atoms with van der Waals surface area (Å²) in [6.07, 6.45) is 10.5. The van der Waals surface area contributed by atoms with Crippen molar-refractivity contribution in [2.75, 3.05) is 12.4 Å². The summed E-state index contributed by atoms with van der Waals surface area (Å²) in [5.74, 6) is -2.30. The monoisotopic (exact) mass is 696 g/mol. The molecule has 266 valence electrons. The van der Waals surface area contributed by atoms with Gasteiger partial charge in [-0.25, -0.2) is 13.2 Å². The van der Waals surface area contributed by atoms with Crippen molar-refractivity contribution < 1.29 is 35.9 Å². The first kappa shape index (κ1) is 38.4. The normalized spacial score (nSPS) is 20.8. The maximum absolute atomic E-state index is 15.7. The van der Waals surface area contributed by atoms with Gasteiger partial charge in [0.15, 0.2) is 11.6 Å². The highest BCUT2D eigenvalue weighted by atomic mass is 32.2. The van der Waals surface area contributed by atoms with Crippen molar-refractivity contribution in [1.82, 2.24) is 0 Å². The van der Waals surface area contributed by atoms with Crippen LogP contribution in [0.5, 0.6) is 0 Å². The number of carbonyl (C=O) groups is 1. The van der Waals surface area contributed by atoms with Crippen LogP contribution < -0.4 is 0 Å². The maximum Gasteiger partial charge on any atom is 0.419 e. The molecular formula is C39H50F6O2S. The van der Waals surface area contributed by atoms with Crippen molar-refractivity contribution in [3.8, 4) is 11.1 Å². The molecule has 9 heteroatoms. The number of unbranched alkanes of at least 4 members (excludes halogenated alkanes) is 1. The van der Waals surface area contributed by atoms with Gasteiger partial charge >= 0.3 is 12.1 Å². The van der Waals surface area contributed by atoms with Crippen molar-refractivity contribution in [2.45, 2.75) is 122 Å². The number of ether oxygens (including phenoxy) is 1. The fourth-order valence-corrected chi connectivity index (χ4v) is 8.48. The lowest BCUT2D eigenvalue weighted by Crippen LogP contribution is -2.23. The largest absolute Gasteiger partial charge is 0.465 e. The number of thioether (sulfide) groups is 1. The second-order valence-electron chi connectivity index (χ2n) is 13.6. The number of rotatable bonds is 15. The molecule has 1 saturated carbocycles. The van der Waals surface area contributed by atoms with Gasteiger partial charge in [0.1, 0.15) is 5.82 Å². The topological polar surface area (TPSA) is 26.3 Å². The van der Waals surface area contributed by atoms with Crippen LogP contribution in [0, 0.1) is 41.1 Å². The van der Waals surface area contributed by atoms with Gasteiger partial charge in [0, 0.05) is 22.4 Å². The number of hydrogen-bond acceptors (Lipinski definition) is 3. The van der Waals surface area contributed by atoms with E-state index in [1.54, 1.807) is 0 Å². The van der Waals surface area contributed by atoms with Crippen LogP contribution in [-0.2, 0) is 15.7 Å². The molecule has 48 heavy (non-hydrogen) atoms. The second-order valence-corrected chi connectivity index (χ2v) is 14.7. The number of allylic oxidation sites excluding steroid dienone is 2. The number of halogens is 6. The van der Waals surface area contributed by atoms with Gasteiger partial charge in [0.2, 0.25) is 0 Å². The Morgan fingerprint density at radius 1 is 0.875 bits per heavy atom. The summed E-state index contributed by atoms with van der Waals surface area (Å²) in [7, 11) is 0. The average molecular weight is 697 g/mol. The van der Waals surface area contributed by atoms with Crippen LogP contribution in [0.25, 0.3) is 16.7 Å². The van der Waals surface area contributed by atoms with E-state index in [-0.39, 0.29) is 41.4 Å². The fourth-order valence-electron chi connectivity index (χ4n) is 7.43. The zero-order valence-electron chi connectivity index (χ0n) is 28.5. The molecule has 2 nitrogen and oxygen atoms in total. The molecule has 2 unspecified atom stereocenters. The van der Waals surface area contributed by atoms with Crippen LogP contribution in [0.2, 0.25) is 0 Å². The molecule has 0 bridgehead atoms. The Kier molecular flexibility index (Phi) is 14.4. The maximum atomic E-state index is 15.7. The first-order valence-electron chi connectivity index (χ1n) is 17.8. The summed E-state index contributed by atoms with van der Waals surface area (Å²) in [6.45, 7) is 6.57. The second kappa shape index (κ2) is 18.0. The van der Waals surface area contributed by atoms with E-state index in [1.807, 2.05) is 13.0 Å². The standard InChI is InChI=1S/C39H50F6O2S/c1-4-7-9-25(6-3)24-47-34(46)22-23-48-38-32(20-21-33(37(38)42)39(43,44)45)31-19-18-30(35(40)36(31)41)29-16-14-28(15-17-29)27-12-10-26(8-5-2)11-13-27/h16,18-21,25-28H,4-15,17,22-24H2,1-3H3. The fraction of sp³-hybridized carbons (Fsp3) is 0.615. The van der Waals surface area contributed by atoms with Gasteiger partial charge < -0.3 is 4.74 Å². The predicted molar refractivity (Wildman–Crippen MR) is 182 cm³/mol. The molecule has 0 aliphatic heterocycles. The molecular weight excluding hydrogens is 646 g/mol. The first-order chi connectivity index (χ1) is 23.0. The first-order valence-corrected chi connectivity index (χ1v) is 18.8. The number of alkyl halides is 3. The number of hydrogen-bond donors (Lipinski definition) is 0. The van der Waals surface area contributed by atoms with Crippen molar-refractivity contribution in [2.24, 2.45) is 23.7 Å². The Morgan fingerprint density at radius 2 is 1.56 bits per heavy atom.